The van der Waals surface area contributed by atoms with Crippen molar-refractivity contribution in [3.05, 3.63) is 34.8 Å². The Balaban J connectivity index is 2.37. The number of ether oxygens (including phenoxy) is 1. The van der Waals surface area contributed by atoms with Crippen molar-refractivity contribution in [3.63, 3.8) is 0 Å². The van der Waals surface area contributed by atoms with Gasteiger partial charge in [0.1, 0.15) is 0 Å². The van der Waals surface area contributed by atoms with E-state index in [0.717, 1.165) is 27.3 Å². The molecule has 0 fully saturated rings. The van der Waals surface area contributed by atoms with E-state index >= 15 is 0 Å². The largest absolute Gasteiger partial charge is 0.465 e. The Labute approximate surface area is 132 Å². The van der Waals surface area contributed by atoms with Crippen LogP contribution in [0, 0.1) is 6.92 Å². The number of rotatable bonds is 3. The molecule has 0 amide bonds. The van der Waals surface area contributed by atoms with Gasteiger partial charge in [0, 0.05) is 6.04 Å². The fourth-order valence-corrected chi connectivity index (χ4v) is 3.18. The van der Waals surface area contributed by atoms with Crippen LogP contribution in [-0.4, -0.2) is 27.8 Å². The SMILES string of the molecule is COC(=O)c1cc(-c2cccs2)nc2c1c(C)nn2C(C)C. The molecule has 0 aliphatic carbocycles. The molecule has 3 aromatic heterocycles. The lowest BCUT2D eigenvalue weighted by Gasteiger charge is -2.09. The van der Waals surface area contributed by atoms with Gasteiger partial charge in [-0.2, -0.15) is 5.10 Å². The number of pyridine rings is 1. The number of carbonyl (C=O) groups is 1. The fraction of sp³-hybridized carbons (Fsp3) is 0.312. The maximum atomic E-state index is 12.2. The summed E-state index contributed by atoms with van der Waals surface area (Å²) in [5.74, 6) is -0.364. The Kier molecular flexibility index (Phi) is 3.70. The Hall–Kier alpha value is -2.21. The van der Waals surface area contributed by atoms with Crippen molar-refractivity contribution in [2.75, 3.05) is 7.11 Å². The van der Waals surface area contributed by atoms with Crippen LogP contribution < -0.4 is 0 Å². The van der Waals surface area contributed by atoms with Crippen LogP contribution in [0.25, 0.3) is 21.6 Å². The Morgan fingerprint density at radius 1 is 1.41 bits per heavy atom. The molecule has 0 spiro atoms. The van der Waals surface area contributed by atoms with Gasteiger partial charge >= 0.3 is 5.97 Å². The summed E-state index contributed by atoms with van der Waals surface area (Å²) in [5, 5.41) is 7.29. The van der Waals surface area contributed by atoms with Gasteiger partial charge < -0.3 is 4.74 Å². The first-order chi connectivity index (χ1) is 10.5. The fourth-order valence-electron chi connectivity index (χ4n) is 2.49. The first-order valence-electron chi connectivity index (χ1n) is 7.05. The highest BCUT2D eigenvalue weighted by atomic mass is 32.1. The van der Waals surface area contributed by atoms with Gasteiger partial charge in [-0.05, 0) is 38.3 Å². The number of aryl methyl sites for hydroxylation is 1. The van der Waals surface area contributed by atoms with E-state index < -0.39 is 0 Å². The summed E-state index contributed by atoms with van der Waals surface area (Å²) >= 11 is 1.59. The van der Waals surface area contributed by atoms with Crippen LogP contribution in [0.4, 0.5) is 0 Å². The molecule has 0 aliphatic heterocycles. The van der Waals surface area contributed by atoms with Crippen LogP contribution in [-0.2, 0) is 4.74 Å². The quantitative estimate of drug-likeness (QED) is 0.689. The predicted octanol–water partition coefficient (Wildman–Crippen LogP) is 3.84. The zero-order chi connectivity index (χ0) is 15.9. The van der Waals surface area contributed by atoms with E-state index in [2.05, 4.69) is 5.10 Å². The normalized spacial score (nSPS) is 11.3. The molecule has 3 heterocycles. The molecule has 0 aromatic carbocycles. The van der Waals surface area contributed by atoms with Gasteiger partial charge in [0.15, 0.2) is 5.65 Å². The molecule has 3 aromatic rings. The molecule has 0 aliphatic rings. The lowest BCUT2D eigenvalue weighted by atomic mass is 10.1. The van der Waals surface area contributed by atoms with E-state index in [1.54, 1.807) is 17.4 Å². The number of hydrogen-bond acceptors (Lipinski definition) is 5. The number of methoxy groups -OCH3 is 1. The van der Waals surface area contributed by atoms with Crippen LogP contribution in [0.2, 0.25) is 0 Å². The van der Waals surface area contributed by atoms with E-state index in [0.29, 0.717) is 5.56 Å². The lowest BCUT2D eigenvalue weighted by molar-refractivity contribution is 0.0603. The van der Waals surface area contributed by atoms with Crippen molar-refractivity contribution in [2.45, 2.75) is 26.8 Å². The van der Waals surface area contributed by atoms with E-state index in [9.17, 15) is 4.79 Å². The molecule has 0 atom stereocenters. The molecule has 114 valence electrons. The number of esters is 1. The third kappa shape index (κ3) is 2.29. The predicted molar refractivity (Wildman–Crippen MR) is 87.3 cm³/mol. The minimum Gasteiger partial charge on any atom is -0.465 e. The van der Waals surface area contributed by atoms with Gasteiger partial charge in [0.25, 0.3) is 0 Å². The maximum Gasteiger partial charge on any atom is 0.338 e. The number of fused-ring (bicyclic) bond motifs is 1. The number of hydrogen-bond donors (Lipinski definition) is 0. The second kappa shape index (κ2) is 5.53. The van der Waals surface area contributed by atoms with Crippen molar-refractivity contribution in [1.29, 1.82) is 0 Å². The molecule has 22 heavy (non-hydrogen) atoms. The van der Waals surface area contributed by atoms with Crippen LogP contribution in [0.3, 0.4) is 0 Å². The Morgan fingerprint density at radius 2 is 2.18 bits per heavy atom. The molecular formula is C16H17N3O2S. The van der Waals surface area contributed by atoms with E-state index in [-0.39, 0.29) is 12.0 Å². The van der Waals surface area contributed by atoms with Crippen molar-refractivity contribution in [1.82, 2.24) is 14.8 Å². The summed E-state index contributed by atoms with van der Waals surface area (Å²) < 4.78 is 6.80. The number of carbonyl (C=O) groups excluding carboxylic acids is 1. The van der Waals surface area contributed by atoms with E-state index in [1.165, 1.54) is 7.11 Å². The van der Waals surface area contributed by atoms with E-state index in [1.807, 2.05) is 43.0 Å². The first kappa shape index (κ1) is 14.7. The van der Waals surface area contributed by atoms with Crippen LogP contribution in [0.15, 0.2) is 23.6 Å². The van der Waals surface area contributed by atoms with Gasteiger partial charge in [-0.25, -0.2) is 14.5 Å². The molecule has 3 rings (SSSR count). The highest BCUT2D eigenvalue weighted by molar-refractivity contribution is 7.13. The van der Waals surface area contributed by atoms with Crippen LogP contribution in [0.1, 0.15) is 35.9 Å². The van der Waals surface area contributed by atoms with Crippen molar-refractivity contribution < 1.29 is 9.53 Å². The van der Waals surface area contributed by atoms with Crippen molar-refractivity contribution in [3.8, 4) is 10.6 Å². The maximum absolute atomic E-state index is 12.2. The average Bonchev–Trinajstić information content (AvgIpc) is 3.14. The van der Waals surface area contributed by atoms with Gasteiger partial charge in [0.05, 0.1) is 34.3 Å². The van der Waals surface area contributed by atoms with E-state index in [4.69, 9.17) is 9.72 Å². The summed E-state index contributed by atoms with van der Waals surface area (Å²) in [6.07, 6.45) is 0. The summed E-state index contributed by atoms with van der Waals surface area (Å²) in [7, 11) is 1.39. The first-order valence-corrected chi connectivity index (χ1v) is 7.93. The minimum atomic E-state index is -0.364. The van der Waals surface area contributed by atoms with Crippen molar-refractivity contribution >= 4 is 28.3 Å². The summed E-state index contributed by atoms with van der Waals surface area (Å²) in [6.45, 7) is 5.98. The van der Waals surface area contributed by atoms with Gasteiger partial charge in [-0.1, -0.05) is 6.07 Å². The topological polar surface area (TPSA) is 57.0 Å². The molecule has 0 N–H and O–H groups in total. The number of thiophene rings is 1. The third-order valence-corrected chi connectivity index (χ3v) is 4.40. The number of nitrogens with zero attached hydrogens (tertiary/aromatic N) is 3. The molecule has 0 unspecified atom stereocenters. The highest BCUT2D eigenvalue weighted by Gasteiger charge is 2.21. The molecule has 0 saturated carbocycles. The molecule has 0 radical (unpaired) electrons. The second-order valence-electron chi connectivity index (χ2n) is 5.35. The van der Waals surface area contributed by atoms with Gasteiger partial charge in [-0.3, -0.25) is 0 Å². The van der Waals surface area contributed by atoms with Gasteiger partial charge in [0.2, 0.25) is 0 Å². The van der Waals surface area contributed by atoms with Crippen LogP contribution >= 0.6 is 11.3 Å². The third-order valence-electron chi connectivity index (χ3n) is 3.50. The molecule has 5 nitrogen and oxygen atoms in total. The average molecular weight is 315 g/mol. The molecular weight excluding hydrogens is 298 g/mol. The monoisotopic (exact) mass is 315 g/mol. The minimum absolute atomic E-state index is 0.160. The molecule has 0 bridgehead atoms. The standard InChI is InChI=1S/C16H17N3O2S/c1-9(2)19-15-14(10(3)18-19)11(16(20)21-4)8-12(17-15)13-6-5-7-22-13/h5-9H,1-4H3. The summed E-state index contributed by atoms with van der Waals surface area (Å²) in [4.78, 5) is 18.0. The number of aromatic nitrogens is 3. The Bertz CT molecular complexity index is 835. The Morgan fingerprint density at radius 3 is 2.77 bits per heavy atom. The highest BCUT2D eigenvalue weighted by Crippen LogP contribution is 2.30. The zero-order valence-corrected chi connectivity index (χ0v) is 13.8. The zero-order valence-electron chi connectivity index (χ0n) is 13.0. The lowest BCUT2D eigenvalue weighted by Crippen LogP contribution is -2.06. The van der Waals surface area contributed by atoms with Crippen LogP contribution in [0.5, 0.6) is 0 Å². The second-order valence-corrected chi connectivity index (χ2v) is 6.29. The molecule has 0 saturated heterocycles. The smallest absolute Gasteiger partial charge is 0.338 e. The summed E-state index contributed by atoms with van der Waals surface area (Å²) in [6, 6.07) is 5.91. The van der Waals surface area contributed by atoms with Gasteiger partial charge in [-0.15, -0.1) is 11.3 Å². The summed E-state index contributed by atoms with van der Waals surface area (Å²) in [5.41, 5.74) is 2.79. The van der Waals surface area contributed by atoms with Crippen molar-refractivity contribution in [2.24, 2.45) is 0 Å². The molecule has 6 heteroatoms.